The van der Waals surface area contributed by atoms with E-state index in [2.05, 4.69) is 44.5 Å². The van der Waals surface area contributed by atoms with Crippen LogP contribution in [0.25, 0.3) is 11.5 Å². The van der Waals surface area contributed by atoms with E-state index in [1.807, 2.05) is 24.3 Å². The van der Waals surface area contributed by atoms with E-state index >= 15 is 0 Å². The molecule has 2 aromatic heterocycles. The topological polar surface area (TPSA) is 94.1 Å². The van der Waals surface area contributed by atoms with E-state index in [0.29, 0.717) is 17.3 Å². The van der Waals surface area contributed by atoms with Crippen LogP contribution in [0.2, 0.25) is 0 Å². The molecule has 1 aliphatic rings. The molecule has 0 unspecified atom stereocenters. The van der Waals surface area contributed by atoms with Crippen LogP contribution >= 0.6 is 0 Å². The highest BCUT2D eigenvalue weighted by atomic mass is 16.4. The molecule has 0 aliphatic carbocycles. The summed E-state index contributed by atoms with van der Waals surface area (Å²) in [6.45, 7) is 1.95. The number of hydrogen-bond acceptors (Lipinski definition) is 7. The molecule has 0 saturated carbocycles. The smallest absolute Gasteiger partial charge is 0.182 e. The van der Waals surface area contributed by atoms with E-state index in [1.165, 1.54) is 11.1 Å². The fraction of sp³-hybridized carbons (Fsp3) is 0.273. The minimum atomic E-state index is -1.10. The lowest BCUT2D eigenvalue weighted by molar-refractivity contribution is -0.305. The predicted octanol–water partition coefficient (Wildman–Crippen LogP) is 1.70. The number of pyridine rings is 1. The van der Waals surface area contributed by atoms with E-state index in [4.69, 9.17) is 4.98 Å². The number of fused-ring (bicyclic) bond motifs is 1. The zero-order valence-electron chi connectivity index (χ0n) is 16.0. The maximum atomic E-state index is 10.7. The molecule has 1 N–H and O–H groups in total. The lowest BCUT2D eigenvalue weighted by atomic mass is 10.0. The maximum absolute atomic E-state index is 10.7. The van der Waals surface area contributed by atoms with Gasteiger partial charge in [-0.2, -0.15) is 0 Å². The monoisotopic (exact) mass is 388 g/mol. The van der Waals surface area contributed by atoms with Crippen LogP contribution in [-0.2, 0) is 17.6 Å². The molecule has 29 heavy (non-hydrogen) atoms. The number of carbonyl (C=O) groups excluding carboxylic acids is 1. The van der Waals surface area contributed by atoms with E-state index in [9.17, 15) is 9.90 Å². The summed E-state index contributed by atoms with van der Waals surface area (Å²) >= 11 is 0. The molecule has 148 valence electrons. The van der Waals surface area contributed by atoms with Gasteiger partial charge in [0.1, 0.15) is 17.3 Å². The average Bonchev–Trinajstić information content (AvgIpc) is 2.97. The van der Waals surface area contributed by atoms with Gasteiger partial charge in [-0.05, 0) is 36.1 Å². The number of carboxylic acid groups (broad SMARTS) is 1. The zero-order chi connectivity index (χ0) is 20.1. The summed E-state index contributed by atoms with van der Waals surface area (Å²) in [5.74, 6) is 0.811. The highest BCUT2D eigenvalue weighted by molar-refractivity contribution is 5.65. The molecular formula is C22H22N5O2-. The van der Waals surface area contributed by atoms with Crippen LogP contribution in [0, 0.1) is 0 Å². The first-order chi connectivity index (χ1) is 14.2. The Morgan fingerprint density at radius 3 is 2.41 bits per heavy atom. The SMILES string of the molecule is O=C([O-])CCNc1cc(N2CCc3ccccc3CC2)nc(-c2ccccn2)n1. The van der Waals surface area contributed by atoms with E-state index in [-0.39, 0.29) is 13.0 Å². The quantitative estimate of drug-likeness (QED) is 0.687. The largest absolute Gasteiger partial charge is 0.550 e. The first-order valence-electron chi connectivity index (χ1n) is 9.75. The van der Waals surface area contributed by atoms with Gasteiger partial charge in [-0.1, -0.05) is 30.3 Å². The highest BCUT2D eigenvalue weighted by Gasteiger charge is 2.17. The first-order valence-corrected chi connectivity index (χ1v) is 9.75. The molecule has 7 heteroatoms. The number of aliphatic carboxylic acids is 1. The number of aromatic nitrogens is 3. The molecule has 1 aliphatic heterocycles. The summed E-state index contributed by atoms with van der Waals surface area (Å²) in [5, 5.41) is 13.8. The van der Waals surface area contributed by atoms with Crippen LogP contribution in [0.5, 0.6) is 0 Å². The van der Waals surface area contributed by atoms with Crippen molar-refractivity contribution in [3.05, 3.63) is 65.9 Å². The molecule has 0 bridgehead atoms. The second-order valence-electron chi connectivity index (χ2n) is 6.95. The van der Waals surface area contributed by atoms with Gasteiger partial charge in [-0.3, -0.25) is 4.98 Å². The molecule has 0 atom stereocenters. The second-order valence-corrected chi connectivity index (χ2v) is 6.95. The van der Waals surface area contributed by atoms with E-state index < -0.39 is 5.97 Å². The number of nitrogens with one attached hydrogen (secondary N) is 1. The molecule has 3 aromatic rings. The molecule has 0 fully saturated rings. The Morgan fingerprint density at radius 2 is 1.76 bits per heavy atom. The number of nitrogens with zero attached hydrogens (tertiary/aromatic N) is 4. The van der Waals surface area contributed by atoms with Crippen LogP contribution < -0.4 is 15.3 Å². The van der Waals surface area contributed by atoms with Crippen LogP contribution in [-0.4, -0.2) is 40.6 Å². The van der Waals surface area contributed by atoms with Crippen molar-refractivity contribution in [1.82, 2.24) is 15.0 Å². The Bertz CT molecular complexity index is 967. The van der Waals surface area contributed by atoms with Gasteiger partial charge in [-0.15, -0.1) is 0 Å². The average molecular weight is 388 g/mol. The summed E-state index contributed by atoms with van der Waals surface area (Å²) in [4.78, 5) is 26.6. The van der Waals surface area contributed by atoms with Gasteiger partial charge in [0.25, 0.3) is 0 Å². The summed E-state index contributed by atoms with van der Waals surface area (Å²) < 4.78 is 0. The van der Waals surface area contributed by atoms with E-state index in [1.54, 1.807) is 6.20 Å². The highest BCUT2D eigenvalue weighted by Crippen LogP contribution is 2.24. The summed E-state index contributed by atoms with van der Waals surface area (Å²) in [6, 6.07) is 16.0. The normalized spacial score (nSPS) is 13.4. The summed E-state index contributed by atoms with van der Waals surface area (Å²) in [5.41, 5.74) is 3.43. The third kappa shape index (κ3) is 4.68. The third-order valence-corrected chi connectivity index (χ3v) is 4.99. The number of anilines is 2. The van der Waals surface area contributed by atoms with Crippen molar-refractivity contribution in [1.29, 1.82) is 0 Å². The van der Waals surface area contributed by atoms with Crippen LogP contribution in [0.15, 0.2) is 54.7 Å². The van der Waals surface area contributed by atoms with Gasteiger partial charge in [0, 0.05) is 44.3 Å². The molecule has 0 saturated heterocycles. The lowest BCUT2D eigenvalue weighted by Gasteiger charge is -2.22. The Kier molecular flexibility index (Phi) is 5.65. The van der Waals surface area contributed by atoms with Crippen molar-refractivity contribution in [2.45, 2.75) is 19.3 Å². The Hall–Kier alpha value is -3.48. The van der Waals surface area contributed by atoms with Crippen LogP contribution in [0.3, 0.4) is 0 Å². The molecule has 4 rings (SSSR count). The van der Waals surface area contributed by atoms with Crippen molar-refractivity contribution >= 4 is 17.6 Å². The number of carbonyl (C=O) groups is 1. The van der Waals surface area contributed by atoms with Crippen LogP contribution in [0.4, 0.5) is 11.6 Å². The minimum Gasteiger partial charge on any atom is -0.550 e. The summed E-state index contributed by atoms with van der Waals surface area (Å²) in [7, 11) is 0. The standard InChI is InChI=1S/C22H23N5O2/c28-21(29)8-12-24-19-15-20(26-22(25-19)18-7-3-4-11-23-18)27-13-9-16-5-1-2-6-17(16)10-14-27/h1-7,11,15H,8-10,12-14H2,(H,28,29)(H,24,25,26)/p-1. The maximum Gasteiger partial charge on any atom is 0.182 e. The molecule has 1 aromatic carbocycles. The van der Waals surface area contributed by atoms with E-state index in [0.717, 1.165) is 31.7 Å². The molecule has 3 heterocycles. The van der Waals surface area contributed by atoms with Gasteiger partial charge < -0.3 is 20.1 Å². The Morgan fingerprint density at radius 1 is 1.03 bits per heavy atom. The van der Waals surface area contributed by atoms with Gasteiger partial charge in [0.05, 0.1) is 0 Å². The fourth-order valence-corrected chi connectivity index (χ4v) is 3.49. The zero-order valence-corrected chi connectivity index (χ0v) is 16.0. The molecule has 0 spiro atoms. The number of carboxylic acids is 1. The van der Waals surface area contributed by atoms with Gasteiger partial charge in [0.15, 0.2) is 5.82 Å². The molecule has 0 radical (unpaired) electrons. The number of hydrogen-bond donors (Lipinski definition) is 1. The van der Waals surface area contributed by atoms with Crippen molar-refractivity contribution in [2.75, 3.05) is 29.9 Å². The van der Waals surface area contributed by atoms with Crippen molar-refractivity contribution in [3.63, 3.8) is 0 Å². The van der Waals surface area contributed by atoms with Crippen LogP contribution in [0.1, 0.15) is 17.5 Å². The Balaban J connectivity index is 1.62. The fourth-order valence-electron chi connectivity index (χ4n) is 3.49. The predicted molar refractivity (Wildman–Crippen MR) is 109 cm³/mol. The summed E-state index contributed by atoms with van der Waals surface area (Å²) in [6.07, 6.45) is 3.52. The second kappa shape index (κ2) is 8.68. The lowest BCUT2D eigenvalue weighted by Crippen LogP contribution is -2.27. The van der Waals surface area contributed by atoms with Gasteiger partial charge in [-0.25, -0.2) is 9.97 Å². The van der Waals surface area contributed by atoms with Gasteiger partial charge >= 0.3 is 0 Å². The number of rotatable bonds is 6. The van der Waals surface area contributed by atoms with Crippen molar-refractivity contribution in [3.8, 4) is 11.5 Å². The minimum absolute atomic E-state index is 0.0860. The first kappa shape index (κ1) is 18.9. The number of benzene rings is 1. The van der Waals surface area contributed by atoms with Crippen molar-refractivity contribution < 1.29 is 9.90 Å². The third-order valence-electron chi connectivity index (χ3n) is 4.99. The van der Waals surface area contributed by atoms with Gasteiger partial charge in [0.2, 0.25) is 0 Å². The van der Waals surface area contributed by atoms with Crippen molar-refractivity contribution in [2.24, 2.45) is 0 Å². The Labute approximate surface area is 169 Å². The molecule has 0 amide bonds. The molecular weight excluding hydrogens is 366 g/mol. The molecule has 7 nitrogen and oxygen atoms in total.